The highest BCUT2D eigenvalue weighted by Gasteiger charge is 2.25. The van der Waals surface area contributed by atoms with E-state index in [1.807, 2.05) is 0 Å². The van der Waals surface area contributed by atoms with Crippen LogP contribution in [0.25, 0.3) is 0 Å². The fraction of sp³-hybridized carbons (Fsp3) is 0.333. The number of sulfonamides is 1. The molecule has 0 fully saturated rings. The molecule has 0 aliphatic heterocycles. The van der Waals surface area contributed by atoms with Gasteiger partial charge in [-0.25, -0.2) is 12.8 Å². The summed E-state index contributed by atoms with van der Waals surface area (Å²) in [5.74, 6) is -0.343. The molecule has 0 radical (unpaired) electrons. The number of hydrogen-bond acceptors (Lipinski definition) is 5. The smallest absolute Gasteiger partial charge is 0.293 e. The van der Waals surface area contributed by atoms with Gasteiger partial charge in [-0.05, 0) is 36.2 Å². The van der Waals surface area contributed by atoms with Gasteiger partial charge in [0.15, 0.2) is 0 Å². The molecule has 0 aliphatic rings. The van der Waals surface area contributed by atoms with Crippen molar-refractivity contribution >= 4 is 21.4 Å². The first-order chi connectivity index (χ1) is 12.8. The third-order valence-corrected chi connectivity index (χ3v) is 6.17. The molecule has 2 rings (SSSR count). The van der Waals surface area contributed by atoms with Gasteiger partial charge in [0, 0.05) is 25.7 Å². The van der Waals surface area contributed by atoms with E-state index < -0.39 is 14.9 Å². The first kappa shape index (κ1) is 20.8. The second kappa shape index (κ2) is 8.92. The van der Waals surface area contributed by atoms with Crippen molar-refractivity contribution in [2.24, 2.45) is 0 Å². The molecule has 1 N–H and O–H groups in total. The predicted molar refractivity (Wildman–Crippen MR) is 102 cm³/mol. The van der Waals surface area contributed by atoms with Crippen molar-refractivity contribution < 1.29 is 17.7 Å². The topological polar surface area (TPSA) is 92.6 Å². The summed E-state index contributed by atoms with van der Waals surface area (Å²) in [6, 6.07) is 9.91. The second-order valence-electron chi connectivity index (χ2n) is 5.83. The number of nitrogens with one attached hydrogen (secondary N) is 1. The molecule has 0 saturated heterocycles. The van der Waals surface area contributed by atoms with Gasteiger partial charge in [-0.3, -0.25) is 10.1 Å². The van der Waals surface area contributed by atoms with Crippen LogP contribution < -0.4 is 5.32 Å². The third-order valence-electron chi connectivity index (χ3n) is 4.13. The fourth-order valence-electron chi connectivity index (χ4n) is 2.72. The van der Waals surface area contributed by atoms with Gasteiger partial charge in [-0.2, -0.15) is 4.31 Å². The third kappa shape index (κ3) is 5.01. The highest BCUT2D eigenvalue weighted by atomic mass is 32.2. The molecule has 27 heavy (non-hydrogen) atoms. The lowest BCUT2D eigenvalue weighted by atomic mass is 10.1. The molecule has 9 heteroatoms. The molecule has 0 saturated carbocycles. The highest BCUT2D eigenvalue weighted by molar-refractivity contribution is 7.89. The summed E-state index contributed by atoms with van der Waals surface area (Å²) in [6.07, 6.45) is 0.467. The Bertz CT molecular complexity index is 915. The Balaban J connectivity index is 2.21. The highest BCUT2D eigenvalue weighted by Crippen LogP contribution is 2.29. The summed E-state index contributed by atoms with van der Waals surface area (Å²) in [6.45, 7) is 4.31. The van der Waals surface area contributed by atoms with Crippen LogP contribution >= 0.6 is 0 Å². The van der Waals surface area contributed by atoms with Gasteiger partial charge in [-0.1, -0.05) is 26.0 Å². The molecule has 7 nitrogen and oxygen atoms in total. The Morgan fingerprint density at radius 1 is 1.15 bits per heavy atom. The first-order valence-electron chi connectivity index (χ1n) is 8.56. The van der Waals surface area contributed by atoms with E-state index in [2.05, 4.69) is 5.32 Å². The van der Waals surface area contributed by atoms with Crippen LogP contribution in [0.3, 0.4) is 0 Å². The maximum absolute atomic E-state index is 13.2. The van der Waals surface area contributed by atoms with Crippen LogP contribution in [0.5, 0.6) is 0 Å². The summed E-state index contributed by atoms with van der Waals surface area (Å²) in [4.78, 5) is 10.7. The van der Waals surface area contributed by atoms with Gasteiger partial charge < -0.3 is 5.32 Å². The summed E-state index contributed by atoms with van der Waals surface area (Å²) in [7, 11) is -3.78. The number of nitro benzene ring substituents is 1. The van der Waals surface area contributed by atoms with Gasteiger partial charge in [0.1, 0.15) is 11.5 Å². The molecular weight excluding hydrogens is 373 g/mol. The van der Waals surface area contributed by atoms with Crippen LogP contribution in [0.15, 0.2) is 47.4 Å². The lowest BCUT2D eigenvalue weighted by Gasteiger charge is -2.18. The van der Waals surface area contributed by atoms with Crippen LogP contribution in [-0.2, 0) is 16.4 Å². The minimum absolute atomic E-state index is 0.117. The Labute approximate surface area is 158 Å². The van der Waals surface area contributed by atoms with Crippen molar-refractivity contribution in [1.82, 2.24) is 4.31 Å². The Kier molecular flexibility index (Phi) is 6.86. The summed E-state index contributed by atoms with van der Waals surface area (Å²) >= 11 is 0. The number of nitrogens with zero attached hydrogens (tertiary/aromatic N) is 2. The number of halogens is 1. The summed E-state index contributed by atoms with van der Waals surface area (Å²) in [5.41, 5.74) is 0.656. The van der Waals surface area contributed by atoms with Crippen molar-refractivity contribution in [3.8, 4) is 0 Å². The average molecular weight is 395 g/mol. The standard InChI is InChI=1S/C18H22FN3O4S/c1-3-21(4-2)27(25,26)16-8-9-17(18(13-16)22(23)24)20-11-10-14-6-5-7-15(19)12-14/h5-9,12-13,20H,3-4,10-11H2,1-2H3. The largest absolute Gasteiger partial charge is 0.379 e. The molecule has 2 aromatic carbocycles. The number of anilines is 1. The van der Waals surface area contributed by atoms with Crippen LogP contribution in [0.4, 0.5) is 15.8 Å². The van der Waals surface area contributed by atoms with Crippen LogP contribution in [0, 0.1) is 15.9 Å². The SMILES string of the molecule is CCN(CC)S(=O)(=O)c1ccc(NCCc2cccc(F)c2)c([N+](=O)[O-])c1. The van der Waals surface area contributed by atoms with Crippen molar-refractivity contribution in [3.63, 3.8) is 0 Å². The molecule has 0 aromatic heterocycles. The fourth-order valence-corrected chi connectivity index (χ4v) is 4.20. The second-order valence-corrected chi connectivity index (χ2v) is 7.77. The minimum atomic E-state index is -3.78. The zero-order valence-electron chi connectivity index (χ0n) is 15.2. The van der Waals surface area contributed by atoms with Crippen LogP contribution in [-0.4, -0.2) is 37.3 Å². The maximum Gasteiger partial charge on any atom is 0.293 e. The molecule has 0 amide bonds. The number of nitro groups is 1. The quantitative estimate of drug-likeness (QED) is 0.519. The van der Waals surface area contributed by atoms with E-state index in [1.54, 1.807) is 26.0 Å². The maximum atomic E-state index is 13.2. The van der Waals surface area contributed by atoms with Gasteiger partial charge in [0.2, 0.25) is 10.0 Å². The van der Waals surface area contributed by atoms with Crippen molar-refractivity contribution in [1.29, 1.82) is 0 Å². The van der Waals surface area contributed by atoms with E-state index in [-0.39, 0.29) is 35.2 Å². The minimum Gasteiger partial charge on any atom is -0.379 e. The van der Waals surface area contributed by atoms with E-state index in [4.69, 9.17) is 0 Å². The van der Waals surface area contributed by atoms with Crippen molar-refractivity contribution in [2.75, 3.05) is 25.0 Å². The van der Waals surface area contributed by atoms with Gasteiger partial charge in [0.05, 0.1) is 9.82 Å². The molecule has 0 aliphatic carbocycles. The lowest BCUT2D eigenvalue weighted by molar-refractivity contribution is -0.384. The van der Waals surface area contributed by atoms with Gasteiger partial charge in [-0.15, -0.1) is 0 Å². The lowest BCUT2D eigenvalue weighted by Crippen LogP contribution is -2.30. The van der Waals surface area contributed by atoms with E-state index in [0.717, 1.165) is 11.6 Å². The van der Waals surface area contributed by atoms with E-state index in [1.165, 1.54) is 28.6 Å². The van der Waals surface area contributed by atoms with E-state index in [9.17, 15) is 22.9 Å². The van der Waals surface area contributed by atoms with Crippen LogP contribution in [0.1, 0.15) is 19.4 Å². The molecule has 0 heterocycles. The monoisotopic (exact) mass is 395 g/mol. The van der Waals surface area contributed by atoms with Crippen LogP contribution in [0.2, 0.25) is 0 Å². The number of rotatable bonds is 9. The molecule has 0 unspecified atom stereocenters. The zero-order chi connectivity index (χ0) is 20.0. The van der Waals surface area contributed by atoms with Crippen molar-refractivity contribution in [3.05, 3.63) is 64.0 Å². The molecular formula is C18H22FN3O4S. The zero-order valence-corrected chi connectivity index (χ0v) is 16.0. The van der Waals surface area contributed by atoms with E-state index in [0.29, 0.717) is 13.0 Å². The summed E-state index contributed by atoms with van der Waals surface area (Å²) < 4.78 is 39.6. The van der Waals surface area contributed by atoms with Gasteiger partial charge in [0.25, 0.3) is 5.69 Å². The average Bonchev–Trinajstić information content (AvgIpc) is 2.62. The molecule has 2 aromatic rings. The first-order valence-corrected chi connectivity index (χ1v) is 10.0. The molecule has 0 spiro atoms. The van der Waals surface area contributed by atoms with Gasteiger partial charge >= 0.3 is 0 Å². The van der Waals surface area contributed by atoms with Crippen molar-refractivity contribution in [2.45, 2.75) is 25.2 Å². The Hall–Kier alpha value is -2.52. The molecule has 0 atom stereocenters. The Morgan fingerprint density at radius 3 is 2.44 bits per heavy atom. The molecule has 146 valence electrons. The Morgan fingerprint density at radius 2 is 1.85 bits per heavy atom. The predicted octanol–water partition coefficient (Wildman–Crippen LogP) is 3.42. The number of benzene rings is 2. The normalized spacial score (nSPS) is 11.6. The van der Waals surface area contributed by atoms with E-state index >= 15 is 0 Å². The number of hydrogen-bond donors (Lipinski definition) is 1. The summed E-state index contributed by atoms with van der Waals surface area (Å²) in [5, 5.41) is 14.3. The molecule has 0 bridgehead atoms.